The molecule has 0 saturated carbocycles. The average Bonchev–Trinajstić information content (AvgIpc) is 2.46. The molecule has 1 unspecified atom stereocenters. The number of para-hydroxylation sites is 1. The normalized spacial score (nSPS) is 18.6. The molecule has 1 saturated heterocycles. The molecule has 3 rings (SSSR count). The van der Waals surface area contributed by atoms with Crippen molar-refractivity contribution < 1.29 is 4.74 Å². The molecule has 1 aliphatic heterocycles. The van der Waals surface area contributed by atoms with E-state index in [0.29, 0.717) is 5.92 Å². The van der Waals surface area contributed by atoms with Gasteiger partial charge in [0.1, 0.15) is 0 Å². The van der Waals surface area contributed by atoms with Gasteiger partial charge in [-0.1, -0.05) is 18.2 Å². The average molecular weight is 256 g/mol. The van der Waals surface area contributed by atoms with Crippen LogP contribution in [0.15, 0.2) is 30.3 Å². The van der Waals surface area contributed by atoms with E-state index in [1.165, 1.54) is 10.9 Å². The van der Waals surface area contributed by atoms with Gasteiger partial charge in [0.05, 0.1) is 5.52 Å². The van der Waals surface area contributed by atoms with Crippen molar-refractivity contribution in [1.82, 2.24) is 4.98 Å². The summed E-state index contributed by atoms with van der Waals surface area (Å²) >= 11 is 0. The smallest absolute Gasteiger partial charge is 0.0708 e. The number of aryl methyl sites for hydroxylation is 1. The molecule has 1 atom stereocenters. The molecular formula is C16H20N2O. The van der Waals surface area contributed by atoms with Gasteiger partial charge < -0.3 is 10.5 Å². The first kappa shape index (κ1) is 12.6. The fourth-order valence-electron chi connectivity index (χ4n) is 2.94. The van der Waals surface area contributed by atoms with E-state index in [1.807, 2.05) is 13.0 Å². The molecule has 100 valence electrons. The third-order valence-electron chi connectivity index (χ3n) is 4.01. The largest absolute Gasteiger partial charge is 0.381 e. The summed E-state index contributed by atoms with van der Waals surface area (Å²) in [4.78, 5) is 4.58. The SMILES string of the molecule is Cc1cc(C(N)C2CCOCC2)c2ccccc2n1. The maximum atomic E-state index is 6.52. The first-order valence-corrected chi connectivity index (χ1v) is 6.95. The van der Waals surface area contributed by atoms with Crippen LogP contribution in [-0.4, -0.2) is 18.2 Å². The molecule has 0 radical (unpaired) electrons. The molecule has 2 N–H and O–H groups in total. The second-order valence-corrected chi connectivity index (χ2v) is 5.35. The van der Waals surface area contributed by atoms with Crippen LogP contribution >= 0.6 is 0 Å². The van der Waals surface area contributed by atoms with Gasteiger partial charge in [-0.05, 0) is 43.4 Å². The zero-order valence-corrected chi connectivity index (χ0v) is 11.3. The van der Waals surface area contributed by atoms with Crippen LogP contribution in [0, 0.1) is 12.8 Å². The fourth-order valence-corrected chi connectivity index (χ4v) is 2.94. The Bertz CT molecular complexity index is 576. The maximum Gasteiger partial charge on any atom is 0.0708 e. The van der Waals surface area contributed by atoms with Crippen molar-refractivity contribution in [1.29, 1.82) is 0 Å². The second-order valence-electron chi connectivity index (χ2n) is 5.35. The van der Waals surface area contributed by atoms with Gasteiger partial charge in [-0.15, -0.1) is 0 Å². The highest BCUT2D eigenvalue weighted by Crippen LogP contribution is 2.32. The van der Waals surface area contributed by atoms with Crippen molar-refractivity contribution in [3.8, 4) is 0 Å². The van der Waals surface area contributed by atoms with Crippen molar-refractivity contribution in [2.24, 2.45) is 11.7 Å². The highest BCUT2D eigenvalue weighted by Gasteiger charge is 2.23. The van der Waals surface area contributed by atoms with E-state index in [4.69, 9.17) is 10.5 Å². The van der Waals surface area contributed by atoms with Crippen molar-refractivity contribution in [3.05, 3.63) is 41.6 Å². The van der Waals surface area contributed by atoms with Gasteiger partial charge in [0.2, 0.25) is 0 Å². The van der Waals surface area contributed by atoms with Crippen molar-refractivity contribution in [2.75, 3.05) is 13.2 Å². The Balaban J connectivity index is 2.03. The van der Waals surface area contributed by atoms with Crippen LogP contribution in [0.2, 0.25) is 0 Å². The summed E-state index contributed by atoms with van der Waals surface area (Å²) in [6.07, 6.45) is 2.10. The van der Waals surface area contributed by atoms with Crippen molar-refractivity contribution in [3.63, 3.8) is 0 Å². The molecular weight excluding hydrogens is 236 g/mol. The van der Waals surface area contributed by atoms with E-state index < -0.39 is 0 Å². The molecule has 1 aromatic heterocycles. The number of ether oxygens (including phenoxy) is 1. The third-order valence-corrected chi connectivity index (χ3v) is 4.01. The first-order chi connectivity index (χ1) is 9.25. The number of nitrogens with zero attached hydrogens (tertiary/aromatic N) is 1. The Hall–Kier alpha value is -1.45. The summed E-state index contributed by atoms with van der Waals surface area (Å²) in [5.74, 6) is 0.513. The number of fused-ring (bicyclic) bond motifs is 1. The number of benzene rings is 1. The highest BCUT2D eigenvalue weighted by atomic mass is 16.5. The second kappa shape index (κ2) is 5.27. The lowest BCUT2D eigenvalue weighted by atomic mass is 9.86. The van der Waals surface area contributed by atoms with E-state index in [1.54, 1.807) is 0 Å². The van der Waals surface area contributed by atoms with E-state index in [2.05, 4.69) is 29.2 Å². The Labute approximate surface area is 113 Å². The Morgan fingerprint density at radius 1 is 1.26 bits per heavy atom. The maximum absolute atomic E-state index is 6.52. The zero-order chi connectivity index (χ0) is 13.2. The standard InChI is InChI=1S/C16H20N2O/c1-11-10-14(13-4-2-3-5-15(13)18-11)16(17)12-6-8-19-9-7-12/h2-5,10,12,16H,6-9,17H2,1H3. The Morgan fingerprint density at radius 3 is 2.79 bits per heavy atom. The predicted octanol–water partition coefficient (Wildman–Crippen LogP) is 2.97. The number of hydrogen-bond acceptors (Lipinski definition) is 3. The molecule has 0 amide bonds. The van der Waals surface area contributed by atoms with Crippen LogP contribution in [-0.2, 0) is 4.74 Å². The molecule has 0 spiro atoms. The van der Waals surface area contributed by atoms with E-state index in [0.717, 1.165) is 37.3 Å². The van der Waals surface area contributed by atoms with Gasteiger partial charge in [-0.2, -0.15) is 0 Å². The molecule has 3 nitrogen and oxygen atoms in total. The summed E-state index contributed by atoms with van der Waals surface area (Å²) in [7, 11) is 0. The topological polar surface area (TPSA) is 48.1 Å². The molecule has 2 aromatic rings. The van der Waals surface area contributed by atoms with E-state index in [-0.39, 0.29) is 6.04 Å². The van der Waals surface area contributed by atoms with Crippen LogP contribution in [0.1, 0.15) is 30.1 Å². The van der Waals surface area contributed by atoms with Crippen LogP contribution in [0.3, 0.4) is 0 Å². The van der Waals surface area contributed by atoms with Gasteiger partial charge in [0.15, 0.2) is 0 Å². The molecule has 0 bridgehead atoms. The molecule has 3 heteroatoms. The summed E-state index contributed by atoms with van der Waals surface area (Å²) in [5.41, 5.74) is 9.83. The lowest BCUT2D eigenvalue weighted by molar-refractivity contribution is 0.0585. The van der Waals surface area contributed by atoms with Gasteiger partial charge in [0, 0.05) is 30.3 Å². The van der Waals surface area contributed by atoms with Gasteiger partial charge in [-0.25, -0.2) is 0 Å². The van der Waals surface area contributed by atoms with Crippen molar-refractivity contribution in [2.45, 2.75) is 25.8 Å². The fraction of sp³-hybridized carbons (Fsp3) is 0.438. The Morgan fingerprint density at radius 2 is 2.00 bits per heavy atom. The lowest BCUT2D eigenvalue weighted by Gasteiger charge is -2.28. The zero-order valence-electron chi connectivity index (χ0n) is 11.3. The lowest BCUT2D eigenvalue weighted by Crippen LogP contribution is -2.27. The number of rotatable bonds is 2. The number of pyridine rings is 1. The van der Waals surface area contributed by atoms with E-state index >= 15 is 0 Å². The summed E-state index contributed by atoms with van der Waals surface area (Å²) < 4.78 is 5.43. The molecule has 1 aliphatic rings. The quantitative estimate of drug-likeness (QED) is 0.898. The summed E-state index contributed by atoms with van der Waals surface area (Å²) in [6, 6.07) is 10.5. The van der Waals surface area contributed by atoms with Crippen LogP contribution in [0.25, 0.3) is 10.9 Å². The molecule has 19 heavy (non-hydrogen) atoms. The van der Waals surface area contributed by atoms with Gasteiger partial charge in [0.25, 0.3) is 0 Å². The number of aromatic nitrogens is 1. The van der Waals surface area contributed by atoms with Gasteiger partial charge in [-0.3, -0.25) is 4.98 Å². The minimum absolute atomic E-state index is 0.0792. The summed E-state index contributed by atoms with van der Waals surface area (Å²) in [6.45, 7) is 3.70. The third kappa shape index (κ3) is 2.48. The highest BCUT2D eigenvalue weighted by molar-refractivity contribution is 5.82. The van der Waals surface area contributed by atoms with Crippen molar-refractivity contribution >= 4 is 10.9 Å². The number of hydrogen-bond donors (Lipinski definition) is 1. The minimum Gasteiger partial charge on any atom is -0.381 e. The molecule has 2 heterocycles. The molecule has 1 fully saturated rings. The summed E-state index contributed by atoms with van der Waals surface area (Å²) in [5, 5.41) is 1.19. The van der Waals surface area contributed by atoms with Gasteiger partial charge >= 0.3 is 0 Å². The van der Waals surface area contributed by atoms with E-state index in [9.17, 15) is 0 Å². The number of nitrogens with two attached hydrogens (primary N) is 1. The van der Waals surface area contributed by atoms with Crippen LogP contribution in [0.4, 0.5) is 0 Å². The minimum atomic E-state index is 0.0792. The first-order valence-electron chi connectivity index (χ1n) is 6.95. The van der Waals surface area contributed by atoms with Crippen LogP contribution < -0.4 is 5.73 Å². The monoisotopic (exact) mass is 256 g/mol. The predicted molar refractivity (Wildman–Crippen MR) is 77.0 cm³/mol. The molecule has 0 aliphatic carbocycles. The molecule has 1 aromatic carbocycles. The Kier molecular flexibility index (Phi) is 3.49. The van der Waals surface area contributed by atoms with Crippen LogP contribution in [0.5, 0.6) is 0 Å².